The van der Waals surface area contributed by atoms with Crippen molar-refractivity contribution in [1.82, 2.24) is 8.87 Å². The van der Waals surface area contributed by atoms with Crippen LogP contribution in [-0.4, -0.2) is 48.2 Å². The molecule has 0 amide bonds. The summed E-state index contributed by atoms with van der Waals surface area (Å²) in [7, 11) is -2.14. The molecule has 0 N–H and O–H groups in total. The average molecular weight is 449 g/mol. The minimum absolute atomic E-state index is 0.0161. The van der Waals surface area contributed by atoms with Gasteiger partial charge >= 0.3 is 5.97 Å². The van der Waals surface area contributed by atoms with Gasteiger partial charge < -0.3 is 9.30 Å². The first-order valence-electron chi connectivity index (χ1n) is 10.3. The summed E-state index contributed by atoms with van der Waals surface area (Å²) in [5.74, 6) is -1.07. The number of carbonyl (C=O) groups excluding carboxylic acids is 2. The molecular formula is C23H32N2O5S. The van der Waals surface area contributed by atoms with Crippen molar-refractivity contribution in [3.63, 3.8) is 0 Å². The minimum Gasteiger partial charge on any atom is -0.450 e. The highest BCUT2D eigenvalue weighted by Gasteiger charge is 2.27. The summed E-state index contributed by atoms with van der Waals surface area (Å²) in [6.07, 6.45) is 0.368. The van der Waals surface area contributed by atoms with Gasteiger partial charge in [0.2, 0.25) is 15.8 Å². The molecule has 2 aromatic rings. The van der Waals surface area contributed by atoms with Gasteiger partial charge in [-0.15, -0.1) is 0 Å². The summed E-state index contributed by atoms with van der Waals surface area (Å²) in [5, 5.41) is 0. The molecule has 1 unspecified atom stereocenters. The minimum atomic E-state index is -3.70. The Morgan fingerprint density at radius 3 is 2.13 bits per heavy atom. The molecule has 0 aliphatic heterocycles. The molecule has 0 saturated heterocycles. The predicted octanol–water partition coefficient (Wildman–Crippen LogP) is 3.78. The maximum Gasteiger partial charge on any atom is 0.355 e. The van der Waals surface area contributed by atoms with Crippen LogP contribution in [-0.2, 0) is 27.2 Å². The monoisotopic (exact) mass is 448 g/mol. The van der Waals surface area contributed by atoms with Crippen LogP contribution >= 0.6 is 0 Å². The summed E-state index contributed by atoms with van der Waals surface area (Å²) in [5.41, 5.74) is 1.58. The number of benzene rings is 1. The maximum absolute atomic E-state index is 12.7. The molecule has 0 fully saturated rings. The number of hydrogen-bond acceptors (Lipinski definition) is 5. The molecule has 0 bridgehead atoms. The molecular weight excluding hydrogens is 416 g/mol. The third-order valence-electron chi connectivity index (χ3n) is 5.22. The Balaban J connectivity index is 2.18. The van der Waals surface area contributed by atoms with Gasteiger partial charge in [0.1, 0.15) is 10.6 Å². The fraction of sp³-hybridized carbons (Fsp3) is 0.478. The van der Waals surface area contributed by atoms with E-state index in [1.165, 1.54) is 28.1 Å². The van der Waals surface area contributed by atoms with Crippen LogP contribution in [0.5, 0.6) is 0 Å². The Bertz CT molecular complexity index is 1040. The Morgan fingerprint density at radius 1 is 1.10 bits per heavy atom. The van der Waals surface area contributed by atoms with E-state index in [4.69, 9.17) is 4.74 Å². The molecule has 170 valence electrons. The first kappa shape index (κ1) is 24.8. The van der Waals surface area contributed by atoms with Crippen molar-refractivity contribution >= 4 is 21.8 Å². The highest BCUT2D eigenvalue weighted by molar-refractivity contribution is 7.89. The lowest BCUT2D eigenvalue weighted by Gasteiger charge is -2.19. The lowest BCUT2D eigenvalue weighted by Crippen LogP contribution is -2.30. The van der Waals surface area contributed by atoms with Gasteiger partial charge in [-0.05, 0) is 24.0 Å². The van der Waals surface area contributed by atoms with Gasteiger partial charge in [0, 0.05) is 31.9 Å². The number of esters is 1. The molecule has 7 nitrogen and oxygen atoms in total. The number of ether oxygens (including phenoxy) is 1. The van der Waals surface area contributed by atoms with Crippen LogP contribution in [0.3, 0.4) is 0 Å². The van der Waals surface area contributed by atoms with E-state index in [-0.39, 0.29) is 21.8 Å². The lowest BCUT2D eigenvalue weighted by molar-refractivity contribution is 0.0309. The summed E-state index contributed by atoms with van der Waals surface area (Å²) < 4.78 is 33.5. The van der Waals surface area contributed by atoms with Crippen LogP contribution in [0.4, 0.5) is 0 Å². The molecule has 0 spiro atoms. The van der Waals surface area contributed by atoms with Crippen molar-refractivity contribution in [3.8, 4) is 0 Å². The largest absolute Gasteiger partial charge is 0.450 e. The number of Topliss-reactive ketones (excluding diaryl/α,β-unsaturated/α-hetero) is 1. The topological polar surface area (TPSA) is 85.7 Å². The fourth-order valence-corrected chi connectivity index (χ4v) is 4.76. The second kappa shape index (κ2) is 9.36. The van der Waals surface area contributed by atoms with Crippen LogP contribution in [0.25, 0.3) is 0 Å². The molecule has 0 aliphatic rings. The zero-order chi connectivity index (χ0) is 23.6. The van der Waals surface area contributed by atoms with E-state index < -0.39 is 22.1 Å². The Morgan fingerprint density at radius 2 is 1.65 bits per heavy atom. The molecule has 8 heteroatoms. The van der Waals surface area contributed by atoms with Gasteiger partial charge in [-0.3, -0.25) is 4.79 Å². The van der Waals surface area contributed by atoms with Gasteiger partial charge in [-0.25, -0.2) is 13.2 Å². The molecule has 0 aliphatic carbocycles. The molecule has 0 radical (unpaired) electrons. The van der Waals surface area contributed by atoms with Crippen LogP contribution in [0, 0.1) is 0 Å². The van der Waals surface area contributed by atoms with E-state index in [0.717, 1.165) is 5.56 Å². The second-order valence-corrected chi connectivity index (χ2v) is 10.4. The zero-order valence-corrected chi connectivity index (χ0v) is 20.1. The van der Waals surface area contributed by atoms with Crippen molar-refractivity contribution in [1.29, 1.82) is 0 Å². The Kier molecular flexibility index (Phi) is 7.49. The normalized spacial score (nSPS) is 13.3. The smallest absolute Gasteiger partial charge is 0.355 e. The molecule has 2 rings (SSSR count). The van der Waals surface area contributed by atoms with Crippen molar-refractivity contribution in [2.75, 3.05) is 13.1 Å². The van der Waals surface area contributed by atoms with Gasteiger partial charge in [-0.2, -0.15) is 4.31 Å². The highest BCUT2D eigenvalue weighted by Crippen LogP contribution is 2.23. The number of aromatic nitrogens is 1. The van der Waals surface area contributed by atoms with Crippen molar-refractivity contribution in [2.45, 2.75) is 58.0 Å². The molecule has 1 heterocycles. The molecule has 1 aromatic carbocycles. The van der Waals surface area contributed by atoms with E-state index in [1.807, 2.05) is 12.1 Å². The van der Waals surface area contributed by atoms with Crippen LogP contribution < -0.4 is 0 Å². The Labute approximate surface area is 185 Å². The number of nitrogens with zero attached hydrogens (tertiary/aromatic N) is 2. The van der Waals surface area contributed by atoms with Gasteiger partial charge in [-0.1, -0.05) is 58.9 Å². The summed E-state index contributed by atoms with van der Waals surface area (Å²) in [6, 6.07) is 8.52. The number of carbonyl (C=O) groups is 2. The lowest BCUT2D eigenvalue weighted by atomic mass is 9.86. The number of sulfonamides is 1. The van der Waals surface area contributed by atoms with Crippen LogP contribution in [0.2, 0.25) is 0 Å². The maximum atomic E-state index is 12.7. The Hall–Kier alpha value is -2.45. The van der Waals surface area contributed by atoms with Crippen molar-refractivity contribution < 1.29 is 22.7 Å². The summed E-state index contributed by atoms with van der Waals surface area (Å²) in [4.78, 5) is 25.4. The quantitative estimate of drug-likeness (QED) is 0.453. The molecule has 1 atom stereocenters. The van der Waals surface area contributed by atoms with E-state index in [2.05, 4.69) is 20.8 Å². The van der Waals surface area contributed by atoms with Crippen LogP contribution in [0.1, 0.15) is 68.0 Å². The van der Waals surface area contributed by atoms with Crippen molar-refractivity contribution in [2.24, 2.45) is 7.05 Å². The van der Waals surface area contributed by atoms with E-state index in [9.17, 15) is 18.0 Å². The third-order valence-corrected chi connectivity index (χ3v) is 7.24. The zero-order valence-electron chi connectivity index (χ0n) is 19.3. The van der Waals surface area contributed by atoms with E-state index >= 15 is 0 Å². The van der Waals surface area contributed by atoms with Gasteiger partial charge in [0.05, 0.1) is 0 Å². The first-order valence-corrected chi connectivity index (χ1v) is 11.8. The van der Waals surface area contributed by atoms with Gasteiger partial charge in [0.15, 0.2) is 6.10 Å². The number of hydrogen-bond donors (Lipinski definition) is 0. The highest BCUT2D eigenvalue weighted by atomic mass is 32.2. The van der Waals surface area contributed by atoms with E-state index in [1.54, 1.807) is 33.0 Å². The predicted molar refractivity (Wildman–Crippen MR) is 120 cm³/mol. The average Bonchev–Trinajstić information content (AvgIpc) is 3.10. The second-order valence-electron chi connectivity index (χ2n) is 8.50. The fourth-order valence-electron chi connectivity index (χ4n) is 3.23. The standard InChI is InChI=1S/C23H32N2O5S/c1-8-25(9-2)31(28,29)19-14-20(24(7)15-19)22(27)30-16(3)21(26)17-10-12-18(13-11-17)23(4,5)6/h10-16H,8-9H2,1-7H3. The number of ketones is 1. The molecule has 31 heavy (non-hydrogen) atoms. The number of rotatable bonds is 8. The van der Waals surface area contributed by atoms with Crippen molar-refractivity contribution in [3.05, 3.63) is 53.3 Å². The van der Waals surface area contributed by atoms with E-state index in [0.29, 0.717) is 18.7 Å². The summed E-state index contributed by atoms with van der Waals surface area (Å²) >= 11 is 0. The summed E-state index contributed by atoms with van der Waals surface area (Å²) in [6.45, 7) is 11.9. The third kappa shape index (κ3) is 5.43. The SMILES string of the molecule is CCN(CC)S(=O)(=O)c1cc(C(=O)OC(C)C(=O)c2ccc(C(C)(C)C)cc2)n(C)c1. The molecule has 0 saturated carbocycles. The molecule has 1 aromatic heterocycles. The van der Waals surface area contributed by atoms with Gasteiger partial charge in [0.25, 0.3) is 0 Å². The van der Waals surface area contributed by atoms with Crippen LogP contribution in [0.15, 0.2) is 41.4 Å². The first-order chi connectivity index (χ1) is 14.3. The number of aryl methyl sites for hydroxylation is 1.